The minimum Gasteiger partial charge on any atom is -0.387 e. The number of rotatable bonds is 11. The number of halogens is 1. The summed E-state index contributed by atoms with van der Waals surface area (Å²) in [4.78, 5) is 24.7. The minimum atomic E-state index is -1.76. The van der Waals surface area contributed by atoms with Crippen LogP contribution in [-0.2, 0) is 9.47 Å². The van der Waals surface area contributed by atoms with E-state index >= 15 is 0 Å². The molecule has 2 amide bonds. The zero-order valence-corrected chi connectivity index (χ0v) is 17.7. The summed E-state index contributed by atoms with van der Waals surface area (Å²) >= 11 is 5.59. The molecular weight excluding hydrogens is 410 g/mol. The highest BCUT2D eigenvalue weighted by Crippen LogP contribution is 2.27. The van der Waals surface area contributed by atoms with Crippen LogP contribution in [0.5, 0.6) is 0 Å². The van der Waals surface area contributed by atoms with E-state index in [9.17, 15) is 30.1 Å². The van der Waals surface area contributed by atoms with Gasteiger partial charge in [0.15, 0.2) is 12.5 Å². The van der Waals surface area contributed by atoms with E-state index < -0.39 is 49.0 Å². The van der Waals surface area contributed by atoms with Crippen molar-refractivity contribution in [3.05, 3.63) is 4.91 Å². The minimum absolute atomic E-state index is 0.0529. The zero-order chi connectivity index (χ0) is 22.1. The van der Waals surface area contributed by atoms with E-state index in [1.54, 1.807) is 13.8 Å². The molecule has 0 aromatic carbocycles. The Balaban J connectivity index is 3.09. The monoisotopic (exact) mass is 441 g/mol. The van der Waals surface area contributed by atoms with E-state index in [-0.39, 0.29) is 19.0 Å². The molecule has 29 heavy (non-hydrogen) atoms. The molecule has 0 spiro atoms. The molecule has 1 aliphatic rings. The van der Waals surface area contributed by atoms with Gasteiger partial charge in [0.2, 0.25) is 0 Å². The molecule has 0 aromatic heterocycles. The Hall–Kier alpha value is -1.08. The van der Waals surface area contributed by atoms with Crippen LogP contribution >= 0.6 is 11.6 Å². The van der Waals surface area contributed by atoms with Crippen molar-refractivity contribution in [1.29, 1.82) is 0 Å². The van der Waals surface area contributed by atoms with Crippen molar-refractivity contribution in [2.45, 2.75) is 83.0 Å². The predicted octanol–water partition coefficient (Wildman–Crippen LogP) is 0.372. The number of amides is 2. The maximum Gasteiger partial charge on any atom is 0.345 e. The second-order valence-corrected chi connectivity index (χ2v) is 7.30. The van der Waals surface area contributed by atoms with Gasteiger partial charge >= 0.3 is 6.03 Å². The Morgan fingerprint density at radius 2 is 1.90 bits per heavy atom. The van der Waals surface area contributed by atoms with Gasteiger partial charge in [-0.2, -0.15) is 5.01 Å². The number of alkyl halides is 1. The van der Waals surface area contributed by atoms with Gasteiger partial charge < -0.3 is 29.9 Å². The molecule has 0 bridgehead atoms. The number of unbranched alkanes of at least 4 members (excludes halogenated alkanes) is 1. The first kappa shape index (κ1) is 26.0. The third-order valence-corrected chi connectivity index (χ3v) is 5.04. The fourth-order valence-electron chi connectivity index (χ4n) is 2.90. The number of carbonyl (C=O) groups is 1. The number of aliphatic hydroxyl groups excluding tert-OH is 4. The molecule has 0 saturated carbocycles. The lowest BCUT2D eigenvalue weighted by atomic mass is 9.96. The van der Waals surface area contributed by atoms with Gasteiger partial charge in [0.25, 0.3) is 0 Å². The molecule has 170 valence electrons. The SMILES string of the molecule is CCCCO[C@@H]1O[C@H](C(O)N(C(=O)N(CCCl)N=O)C(C)CC)[C@@H](O)[C@H](O)[C@H]1O. The van der Waals surface area contributed by atoms with Gasteiger partial charge in [0.1, 0.15) is 24.4 Å². The molecule has 7 atom stereocenters. The van der Waals surface area contributed by atoms with Crippen molar-refractivity contribution in [2.24, 2.45) is 5.29 Å². The number of aliphatic hydroxyl groups is 4. The van der Waals surface area contributed by atoms with Crippen molar-refractivity contribution in [3.8, 4) is 0 Å². The van der Waals surface area contributed by atoms with Crippen LogP contribution in [0, 0.1) is 4.91 Å². The molecule has 4 N–H and O–H groups in total. The largest absolute Gasteiger partial charge is 0.387 e. The Bertz CT molecular complexity index is 517. The molecule has 11 nitrogen and oxygen atoms in total. The number of hydrogen-bond acceptors (Lipinski definition) is 9. The summed E-state index contributed by atoms with van der Waals surface area (Å²) in [5.74, 6) is -0.0529. The van der Waals surface area contributed by atoms with E-state index in [1.165, 1.54) is 0 Å². The molecular formula is C17H32ClN3O8. The van der Waals surface area contributed by atoms with Crippen molar-refractivity contribution in [1.82, 2.24) is 9.91 Å². The highest BCUT2D eigenvalue weighted by atomic mass is 35.5. The van der Waals surface area contributed by atoms with E-state index in [0.717, 1.165) is 11.3 Å². The predicted molar refractivity (Wildman–Crippen MR) is 104 cm³/mol. The third-order valence-electron chi connectivity index (χ3n) is 4.87. The quantitative estimate of drug-likeness (QED) is 0.118. The summed E-state index contributed by atoms with van der Waals surface area (Å²) in [6.07, 6.45) is -7.59. The number of urea groups is 1. The van der Waals surface area contributed by atoms with Crippen molar-refractivity contribution < 1.29 is 34.7 Å². The summed E-state index contributed by atoms with van der Waals surface area (Å²) in [7, 11) is 0. The number of ether oxygens (including phenoxy) is 2. The number of carbonyl (C=O) groups excluding carboxylic acids is 1. The molecule has 1 heterocycles. The van der Waals surface area contributed by atoms with Crippen LogP contribution < -0.4 is 0 Å². The number of nitroso groups, excluding NO2 is 1. The molecule has 1 saturated heterocycles. The first-order valence-corrected chi connectivity index (χ1v) is 10.3. The molecule has 2 unspecified atom stereocenters. The summed E-state index contributed by atoms with van der Waals surface area (Å²) in [6.45, 7) is 5.37. The van der Waals surface area contributed by atoms with Gasteiger partial charge in [0, 0.05) is 18.5 Å². The average molecular weight is 442 g/mol. The fourth-order valence-corrected chi connectivity index (χ4v) is 3.06. The summed E-state index contributed by atoms with van der Waals surface area (Å²) in [5.41, 5.74) is 0. The van der Waals surface area contributed by atoms with Crippen LogP contribution in [-0.4, -0.2) is 98.4 Å². The average Bonchev–Trinajstić information content (AvgIpc) is 2.71. The lowest BCUT2D eigenvalue weighted by molar-refractivity contribution is -0.319. The van der Waals surface area contributed by atoms with Crippen molar-refractivity contribution in [2.75, 3.05) is 19.0 Å². The van der Waals surface area contributed by atoms with Crippen LogP contribution in [0.15, 0.2) is 5.29 Å². The molecule has 12 heteroatoms. The second kappa shape index (κ2) is 12.6. The third kappa shape index (κ3) is 6.45. The summed E-state index contributed by atoms with van der Waals surface area (Å²) in [6, 6.07) is -1.50. The van der Waals surface area contributed by atoms with E-state index in [0.29, 0.717) is 17.9 Å². The second-order valence-electron chi connectivity index (χ2n) is 6.92. The molecule has 0 radical (unpaired) electrons. The topological polar surface area (TPSA) is 152 Å². The lowest BCUT2D eigenvalue weighted by Gasteiger charge is -2.45. The van der Waals surface area contributed by atoms with Crippen LogP contribution in [0.2, 0.25) is 0 Å². The Kier molecular flexibility index (Phi) is 11.3. The van der Waals surface area contributed by atoms with Gasteiger partial charge in [-0.25, -0.2) is 4.79 Å². The summed E-state index contributed by atoms with van der Waals surface area (Å²) < 4.78 is 10.9. The summed E-state index contributed by atoms with van der Waals surface area (Å²) in [5, 5.41) is 44.7. The van der Waals surface area contributed by atoms with Gasteiger partial charge in [-0.15, -0.1) is 16.5 Å². The van der Waals surface area contributed by atoms with E-state index in [2.05, 4.69) is 5.29 Å². The molecule has 1 rings (SSSR count). The van der Waals surface area contributed by atoms with Crippen LogP contribution in [0.3, 0.4) is 0 Å². The first-order valence-electron chi connectivity index (χ1n) is 9.73. The van der Waals surface area contributed by atoms with Gasteiger partial charge in [-0.05, 0) is 19.8 Å². The fraction of sp³-hybridized carbons (Fsp3) is 0.941. The highest BCUT2D eigenvalue weighted by Gasteiger charge is 2.49. The highest BCUT2D eigenvalue weighted by molar-refractivity contribution is 6.18. The van der Waals surface area contributed by atoms with Crippen molar-refractivity contribution >= 4 is 17.6 Å². The maximum absolute atomic E-state index is 12.8. The van der Waals surface area contributed by atoms with Crippen LogP contribution in [0.25, 0.3) is 0 Å². The van der Waals surface area contributed by atoms with Crippen molar-refractivity contribution in [3.63, 3.8) is 0 Å². The van der Waals surface area contributed by atoms with Crippen LogP contribution in [0.4, 0.5) is 4.79 Å². The number of hydrogen-bond donors (Lipinski definition) is 4. The molecule has 1 aliphatic heterocycles. The van der Waals surface area contributed by atoms with E-state index in [4.69, 9.17) is 21.1 Å². The smallest absolute Gasteiger partial charge is 0.345 e. The molecule has 1 fully saturated rings. The van der Waals surface area contributed by atoms with Gasteiger partial charge in [-0.1, -0.05) is 20.3 Å². The molecule has 0 aromatic rings. The maximum atomic E-state index is 12.8. The zero-order valence-electron chi connectivity index (χ0n) is 16.9. The number of nitrogens with zero attached hydrogens (tertiary/aromatic N) is 3. The standard InChI is InChI=1S/C17H32ClN3O8/c1-4-6-9-28-16-13(24)11(22)12(23)14(29-16)15(25)21(10(3)5-2)17(26)20(19-27)8-7-18/h10-16,22-25H,4-9H2,1-3H3/t10?,11-,12-,13+,14-,15?,16+/m0/s1. The Labute approximate surface area is 175 Å². The first-order chi connectivity index (χ1) is 13.7. The van der Waals surface area contributed by atoms with Gasteiger partial charge in [0.05, 0.1) is 11.8 Å². The van der Waals surface area contributed by atoms with Gasteiger partial charge in [-0.3, -0.25) is 4.90 Å². The van der Waals surface area contributed by atoms with Crippen LogP contribution in [0.1, 0.15) is 40.0 Å². The molecule has 0 aliphatic carbocycles. The lowest BCUT2D eigenvalue weighted by Crippen LogP contribution is -2.66. The normalized spacial score (nSPS) is 29.2. The Morgan fingerprint density at radius 3 is 2.41 bits per heavy atom. The van der Waals surface area contributed by atoms with E-state index in [1.807, 2.05) is 6.92 Å². The Morgan fingerprint density at radius 1 is 1.24 bits per heavy atom.